The number of amides is 1. The van der Waals surface area contributed by atoms with Crippen LogP contribution in [0, 0.1) is 0 Å². The molecule has 0 spiro atoms. The van der Waals surface area contributed by atoms with E-state index in [-0.39, 0.29) is 17.6 Å². The summed E-state index contributed by atoms with van der Waals surface area (Å²) in [5, 5.41) is 11.5. The number of hydrogen-bond donors (Lipinski definition) is 0. The quantitative estimate of drug-likeness (QED) is 0.505. The molecule has 4 rings (SSSR count). The number of rotatable bonds is 7. The maximum Gasteiger partial charge on any atom is 0.328 e. The van der Waals surface area contributed by atoms with Gasteiger partial charge in [0.05, 0.1) is 17.2 Å². The van der Waals surface area contributed by atoms with E-state index in [9.17, 15) is 9.59 Å². The minimum Gasteiger partial charge on any atom is -0.464 e. The van der Waals surface area contributed by atoms with Gasteiger partial charge in [0.1, 0.15) is 6.04 Å². The van der Waals surface area contributed by atoms with E-state index in [0.29, 0.717) is 25.6 Å². The van der Waals surface area contributed by atoms with E-state index in [4.69, 9.17) is 4.74 Å². The summed E-state index contributed by atoms with van der Waals surface area (Å²) in [5.74, 6) is 0.813. The van der Waals surface area contributed by atoms with Gasteiger partial charge >= 0.3 is 5.97 Å². The second kappa shape index (κ2) is 8.65. The first-order chi connectivity index (χ1) is 13.7. The molecule has 150 valence electrons. The Bertz CT molecular complexity index is 832. The lowest BCUT2D eigenvalue weighted by atomic mass is 10.0. The number of aromatic nitrogens is 3. The molecule has 0 radical (unpaired) electrons. The Balaban J connectivity index is 1.45. The number of carbonyl (C=O) groups is 2. The first-order valence-corrected chi connectivity index (χ1v) is 11.6. The molecule has 1 aliphatic heterocycles. The van der Waals surface area contributed by atoms with Gasteiger partial charge in [-0.15, -0.1) is 21.5 Å². The lowest BCUT2D eigenvalue weighted by molar-refractivity contribution is -0.155. The van der Waals surface area contributed by atoms with E-state index < -0.39 is 6.04 Å². The fourth-order valence-electron chi connectivity index (χ4n) is 3.53. The van der Waals surface area contributed by atoms with Crippen LogP contribution < -0.4 is 0 Å². The summed E-state index contributed by atoms with van der Waals surface area (Å²) in [5.41, 5.74) is 0. The van der Waals surface area contributed by atoms with Crippen molar-refractivity contribution in [2.45, 2.75) is 56.3 Å². The predicted molar refractivity (Wildman–Crippen MR) is 108 cm³/mol. The third-order valence-corrected chi connectivity index (χ3v) is 6.82. The molecule has 2 aliphatic rings. The zero-order valence-electron chi connectivity index (χ0n) is 15.9. The number of esters is 1. The Labute approximate surface area is 172 Å². The second-order valence-electron chi connectivity index (χ2n) is 7.02. The molecule has 2 aromatic rings. The van der Waals surface area contributed by atoms with Crippen molar-refractivity contribution >= 4 is 35.0 Å². The molecule has 2 fully saturated rings. The number of piperidine rings is 1. The van der Waals surface area contributed by atoms with Crippen LogP contribution in [0.2, 0.25) is 0 Å². The number of nitrogens with zero attached hydrogens (tertiary/aromatic N) is 4. The highest BCUT2D eigenvalue weighted by Gasteiger charge is 2.34. The van der Waals surface area contributed by atoms with Crippen LogP contribution >= 0.6 is 23.1 Å². The van der Waals surface area contributed by atoms with Gasteiger partial charge in [-0.1, -0.05) is 17.8 Å². The summed E-state index contributed by atoms with van der Waals surface area (Å²) >= 11 is 3.06. The SMILES string of the molecule is CCOC(=O)[C@H]1CCCCN1C(=O)CSc1nnc(-c2cccs2)n1C1CC1. The summed E-state index contributed by atoms with van der Waals surface area (Å²) in [6.45, 7) is 2.74. The number of likely N-dealkylation sites (tertiary alicyclic amines) is 1. The smallest absolute Gasteiger partial charge is 0.328 e. The molecular weight excluding hydrogens is 396 g/mol. The molecule has 1 amide bonds. The highest BCUT2D eigenvalue weighted by atomic mass is 32.2. The number of thioether (sulfide) groups is 1. The summed E-state index contributed by atoms with van der Waals surface area (Å²) in [6.07, 6.45) is 4.79. The molecule has 0 bridgehead atoms. The van der Waals surface area contributed by atoms with Crippen molar-refractivity contribution in [1.29, 1.82) is 0 Å². The molecule has 3 heterocycles. The third-order valence-electron chi connectivity index (χ3n) is 5.02. The predicted octanol–water partition coefficient (Wildman–Crippen LogP) is 3.38. The van der Waals surface area contributed by atoms with Crippen LogP contribution in [-0.4, -0.2) is 56.5 Å². The van der Waals surface area contributed by atoms with E-state index >= 15 is 0 Å². The summed E-state index contributed by atoms with van der Waals surface area (Å²) in [4.78, 5) is 27.9. The largest absolute Gasteiger partial charge is 0.464 e. The first-order valence-electron chi connectivity index (χ1n) is 9.76. The average molecular weight is 421 g/mol. The van der Waals surface area contributed by atoms with Crippen LogP contribution in [-0.2, 0) is 14.3 Å². The van der Waals surface area contributed by atoms with Crippen LogP contribution in [0.4, 0.5) is 0 Å². The molecule has 1 saturated carbocycles. The van der Waals surface area contributed by atoms with Crippen LogP contribution in [0.1, 0.15) is 45.1 Å². The molecule has 9 heteroatoms. The molecule has 0 N–H and O–H groups in total. The highest BCUT2D eigenvalue weighted by Crippen LogP contribution is 2.41. The van der Waals surface area contributed by atoms with Gasteiger partial charge in [-0.2, -0.15) is 0 Å². The number of hydrogen-bond acceptors (Lipinski definition) is 7. The van der Waals surface area contributed by atoms with Gasteiger partial charge in [0.15, 0.2) is 11.0 Å². The lowest BCUT2D eigenvalue weighted by Crippen LogP contribution is -2.49. The van der Waals surface area contributed by atoms with E-state index in [1.54, 1.807) is 23.2 Å². The Hall–Kier alpha value is -1.87. The van der Waals surface area contributed by atoms with Crippen LogP contribution in [0.25, 0.3) is 10.7 Å². The summed E-state index contributed by atoms with van der Waals surface area (Å²) < 4.78 is 7.33. The molecule has 1 aliphatic carbocycles. The fourth-order valence-corrected chi connectivity index (χ4v) is 5.13. The Morgan fingerprint density at radius 2 is 2.14 bits per heavy atom. The molecule has 1 saturated heterocycles. The van der Waals surface area contributed by atoms with Gasteiger partial charge in [0.2, 0.25) is 5.91 Å². The van der Waals surface area contributed by atoms with Crippen molar-refractivity contribution in [2.75, 3.05) is 18.9 Å². The van der Waals surface area contributed by atoms with Gasteiger partial charge in [-0.3, -0.25) is 9.36 Å². The number of thiophene rings is 1. The minimum atomic E-state index is -0.454. The van der Waals surface area contributed by atoms with Crippen molar-refractivity contribution in [3.8, 4) is 10.7 Å². The van der Waals surface area contributed by atoms with Crippen molar-refractivity contribution in [2.24, 2.45) is 0 Å². The van der Waals surface area contributed by atoms with Crippen LogP contribution in [0.15, 0.2) is 22.7 Å². The van der Waals surface area contributed by atoms with E-state index in [1.807, 2.05) is 17.5 Å². The van der Waals surface area contributed by atoms with E-state index in [1.165, 1.54) is 11.8 Å². The molecule has 0 aromatic carbocycles. The maximum absolute atomic E-state index is 12.9. The minimum absolute atomic E-state index is 0.0363. The Morgan fingerprint density at radius 3 is 2.86 bits per heavy atom. The third kappa shape index (κ3) is 4.10. The van der Waals surface area contributed by atoms with Gasteiger partial charge in [-0.25, -0.2) is 4.79 Å². The van der Waals surface area contributed by atoms with Crippen molar-refractivity contribution in [3.05, 3.63) is 17.5 Å². The van der Waals surface area contributed by atoms with Crippen molar-refractivity contribution in [3.63, 3.8) is 0 Å². The van der Waals surface area contributed by atoms with E-state index in [2.05, 4.69) is 14.8 Å². The van der Waals surface area contributed by atoms with Crippen LogP contribution in [0.3, 0.4) is 0 Å². The van der Waals surface area contributed by atoms with Crippen LogP contribution in [0.5, 0.6) is 0 Å². The number of carbonyl (C=O) groups excluding carboxylic acids is 2. The first kappa shape index (κ1) is 19.4. The molecule has 28 heavy (non-hydrogen) atoms. The van der Waals surface area contributed by atoms with Gasteiger partial charge in [-0.05, 0) is 50.5 Å². The topological polar surface area (TPSA) is 77.3 Å². The molecule has 1 atom stereocenters. The Morgan fingerprint density at radius 1 is 1.29 bits per heavy atom. The Kier molecular flexibility index (Phi) is 6.01. The fraction of sp³-hybridized carbons (Fsp3) is 0.579. The zero-order valence-corrected chi connectivity index (χ0v) is 17.5. The lowest BCUT2D eigenvalue weighted by Gasteiger charge is -2.33. The van der Waals surface area contributed by atoms with Crippen molar-refractivity contribution < 1.29 is 14.3 Å². The van der Waals surface area contributed by atoms with Gasteiger partial charge < -0.3 is 9.64 Å². The highest BCUT2D eigenvalue weighted by molar-refractivity contribution is 7.99. The van der Waals surface area contributed by atoms with Crippen molar-refractivity contribution in [1.82, 2.24) is 19.7 Å². The monoisotopic (exact) mass is 420 g/mol. The number of ether oxygens (including phenoxy) is 1. The zero-order chi connectivity index (χ0) is 19.5. The normalized spacial score (nSPS) is 19.6. The van der Waals surface area contributed by atoms with Gasteiger partial charge in [0, 0.05) is 12.6 Å². The standard InChI is InChI=1S/C19H24N4O3S2/c1-2-26-18(25)14-6-3-4-10-22(14)16(24)12-28-19-21-20-17(15-7-5-11-27-15)23(19)13-8-9-13/h5,7,11,13-14H,2-4,6,8-10,12H2,1H3/t14-/m1/s1. The van der Waals surface area contributed by atoms with E-state index in [0.717, 1.165) is 41.5 Å². The second-order valence-corrected chi connectivity index (χ2v) is 8.91. The molecule has 2 aromatic heterocycles. The summed E-state index contributed by atoms with van der Waals surface area (Å²) in [6, 6.07) is 4.02. The van der Waals surface area contributed by atoms with Gasteiger partial charge in [0.25, 0.3) is 0 Å². The maximum atomic E-state index is 12.9. The average Bonchev–Trinajstić information content (AvgIpc) is 3.23. The molecule has 7 nitrogen and oxygen atoms in total. The summed E-state index contributed by atoms with van der Waals surface area (Å²) in [7, 11) is 0. The molecule has 0 unspecified atom stereocenters. The molecular formula is C19H24N4O3S2.